The number of ether oxygens (including phenoxy) is 2. The van der Waals surface area contributed by atoms with Crippen LogP contribution < -0.4 is 15.4 Å². The third-order valence-corrected chi connectivity index (χ3v) is 3.13. The summed E-state index contributed by atoms with van der Waals surface area (Å²) in [5.41, 5.74) is 6.44. The second kappa shape index (κ2) is 5.85. The Balaban J connectivity index is 2.23. The number of anilines is 1. The minimum atomic E-state index is -0.454. The van der Waals surface area contributed by atoms with Crippen LogP contribution in [0.2, 0.25) is 0 Å². The van der Waals surface area contributed by atoms with Crippen LogP contribution in [0.3, 0.4) is 0 Å². The molecule has 0 amide bonds. The second-order valence-electron chi connectivity index (χ2n) is 4.29. The summed E-state index contributed by atoms with van der Waals surface area (Å²) in [5, 5.41) is 10.8. The van der Waals surface area contributed by atoms with Gasteiger partial charge in [-0.2, -0.15) is 0 Å². The average Bonchev–Trinajstić information content (AvgIpc) is 2.46. The molecular weight excluding hydrogens is 250 g/mol. The third kappa shape index (κ3) is 2.94. The zero-order chi connectivity index (χ0) is 13.8. The van der Waals surface area contributed by atoms with Crippen molar-refractivity contribution in [2.45, 2.75) is 6.10 Å². The number of methoxy groups -OCH3 is 1. The van der Waals surface area contributed by atoms with E-state index in [0.29, 0.717) is 19.7 Å². The van der Waals surface area contributed by atoms with Crippen LogP contribution in [0.15, 0.2) is 18.2 Å². The Morgan fingerprint density at radius 1 is 1.63 bits per heavy atom. The summed E-state index contributed by atoms with van der Waals surface area (Å²) < 4.78 is 10.6. The lowest BCUT2D eigenvalue weighted by Gasteiger charge is -2.34. The molecule has 1 aromatic carbocycles. The summed E-state index contributed by atoms with van der Waals surface area (Å²) in [4.78, 5) is 12.5. The molecule has 1 unspecified atom stereocenters. The van der Waals surface area contributed by atoms with Gasteiger partial charge in [-0.25, -0.2) is 0 Å². The van der Waals surface area contributed by atoms with Gasteiger partial charge in [-0.3, -0.25) is 10.1 Å². The maximum absolute atomic E-state index is 10.8. The number of nitrogens with zero attached hydrogens (tertiary/aromatic N) is 2. The number of morpholine rings is 1. The average molecular weight is 267 g/mol. The number of nitro groups is 1. The van der Waals surface area contributed by atoms with E-state index in [0.717, 1.165) is 12.2 Å². The van der Waals surface area contributed by atoms with Gasteiger partial charge in [0.05, 0.1) is 24.7 Å². The van der Waals surface area contributed by atoms with Crippen LogP contribution >= 0.6 is 0 Å². The molecule has 104 valence electrons. The fraction of sp³-hybridized carbons (Fsp3) is 0.500. The van der Waals surface area contributed by atoms with Crippen molar-refractivity contribution in [1.82, 2.24) is 0 Å². The molecule has 1 atom stereocenters. The van der Waals surface area contributed by atoms with Gasteiger partial charge < -0.3 is 20.1 Å². The number of rotatable bonds is 4. The number of hydrogen-bond acceptors (Lipinski definition) is 6. The van der Waals surface area contributed by atoms with Crippen molar-refractivity contribution >= 4 is 11.4 Å². The molecular formula is C12H17N3O4. The second-order valence-corrected chi connectivity index (χ2v) is 4.29. The number of benzene rings is 1. The molecule has 1 heterocycles. The van der Waals surface area contributed by atoms with Gasteiger partial charge in [-0.05, 0) is 6.07 Å². The van der Waals surface area contributed by atoms with Gasteiger partial charge in [0, 0.05) is 37.5 Å². The topological polar surface area (TPSA) is 90.9 Å². The van der Waals surface area contributed by atoms with Crippen molar-refractivity contribution in [2.24, 2.45) is 5.73 Å². The van der Waals surface area contributed by atoms with Crippen LogP contribution in [-0.2, 0) is 4.74 Å². The lowest BCUT2D eigenvalue weighted by atomic mass is 10.2. The van der Waals surface area contributed by atoms with Crippen molar-refractivity contribution in [3.63, 3.8) is 0 Å². The first-order chi connectivity index (χ1) is 9.15. The summed E-state index contributed by atoms with van der Waals surface area (Å²) in [6.45, 7) is 2.47. The predicted molar refractivity (Wildman–Crippen MR) is 70.7 cm³/mol. The molecule has 0 saturated carbocycles. The highest BCUT2D eigenvalue weighted by atomic mass is 16.6. The van der Waals surface area contributed by atoms with Crippen molar-refractivity contribution < 1.29 is 14.4 Å². The number of nitro benzene ring substituents is 1. The molecule has 19 heavy (non-hydrogen) atoms. The standard InChI is InChI=1S/C12H17N3O4/c1-18-12-6-9(2-3-11(12)15(16)17)14-4-5-19-10(7-13)8-14/h2-3,6,10H,4-5,7-8,13H2,1H3. The molecule has 2 rings (SSSR count). The van der Waals surface area contributed by atoms with Crippen molar-refractivity contribution in [3.8, 4) is 5.75 Å². The molecule has 0 radical (unpaired) electrons. The number of hydrogen-bond donors (Lipinski definition) is 1. The molecule has 1 fully saturated rings. The highest BCUT2D eigenvalue weighted by Gasteiger charge is 2.22. The summed E-state index contributed by atoms with van der Waals surface area (Å²) in [7, 11) is 1.42. The van der Waals surface area contributed by atoms with E-state index in [1.807, 2.05) is 0 Å². The Hall–Kier alpha value is -1.86. The molecule has 1 aliphatic heterocycles. The maximum Gasteiger partial charge on any atom is 0.311 e. The quantitative estimate of drug-likeness (QED) is 0.640. The Bertz CT molecular complexity index is 466. The van der Waals surface area contributed by atoms with E-state index in [2.05, 4.69) is 4.90 Å². The minimum absolute atomic E-state index is 0.00469. The molecule has 1 aliphatic rings. The molecule has 7 nitrogen and oxygen atoms in total. The van der Waals surface area contributed by atoms with E-state index in [1.54, 1.807) is 12.1 Å². The van der Waals surface area contributed by atoms with Crippen molar-refractivity contribution in [3.05, 3.63) is 28.3 Å². The fourth-order valence-corrected chi connectivity index (χ4v) is 2.11. The summed E-state index contributed by atoms with van der Waals surface area (Å²) in [5.74, 6) is 0.262. The van der Waals surface area contributed by atoms with Gasteiger partial charge in [0.25, 0.3) is 0 Å². The Morgan fingerprint density at radius 2 is 2.42 bits per heavy atom. The van der Waals surface area contributed by atoms with Crippen LogP contribution in [0.1, 0.15) is 0 Å². The third-order valence-electron chi connectivity index (χ3n) is 3.13. The van der Waals surface area contributed by atoms with E-state index >= 15 is 0 Å². The number of nitrogens with two attached hydrogens (primary N) is 1. The largest absolute Gasteiger partial charge is 0.490 e. The summed E-state index contributed by atoms with van der Waals surface area (Å²) in [6, 6.07) is 4.86. The molecule has 0 aliphatic carbocycles. The molecule has 1 saturated heterocycles. The zero-order valence-corrected chi connectivity index (χ0v) is 10.7. The van der Waals surface area contributed by atoms with Crippen LogP contribution in [-0.4, -0.2) is 44.4 Å². The summed E-state index contributed by atoms with van der Waals surface area (Å²) in [6.07, 6.45) is -0.00469. The lowest BCUT2D eigenvalue weighted by Crippen LogP contribution is -2.45. The normalized spacial score (nSPS) is 19.3. The van der Waals surface area contributed by atoms with Crippen molar-refractivity contribution in [1.29, 1.82) is 0 Å². The lowest BCUT2D eigenvalue weighted by molar-refractivity contribution is -0.385. The summed E-state index contributed by atoms with van der Waals surface area (Å²) >= 11 is 0. The monoisotopic (exact) mass is 267 g/mol. The van der Waals surface area contributed by atoms with E-state index in [-0.39, 0.29) is 17.5 Å². The van der Waals surface area contributed by atoms with Gasteiger partial charge in [0.15, 0.2) is 5.75 Å². The van der Waals surface area contributed by atoms with E-state index in [4.69, 9.17) is 15.2 Å². The maximum atomic E-state index is 10.8. The van der Waals surface area contributed by atoms with Crippen LogP contribution in [0.25, 0.3) is 0 Å². The first-order valence-corrected chi connectivity index (χ1v) is 6.04. The molecule has 1 aromatic rings. The predicted octanol–water partition coefficient (Wildman–Crippen LogP) is 0.767. The van der Waals surface area contributed by atoms with Gasteiger partial charge in [-0.15, -0.1) is 0 Å². The van der Waals surface area contributed by atoms with Gasteiger partial charge in [-0.1, -0.05) is 0 Å². The molecule has 7 heteroatoms. The Kier molecular flexibility index (Phi) is 4.18. The highest BCUT2D eigenvalue weighted by molar-refractivity contribution is 5.59. The van der Waals surface area contributed by atoms with Gasteiger partial charge >= 0.3 is 5.69 Å². The molecule has 0 aromatic heterocycles. The van der Waals surface area contributed by atoms with Gasteiger partial charge in [0.2, 0.25) is 0 Å². The van der Waals surface area contributed by atoms with Crippen LogP contribution in [0.5, 0.6) is 5.75 Å². The highest BCUT2D eigenvalue weighted by Crippen LogP contribution is 2.31. The Labute approximate surface area is 111 Å². The smallest absolute Gasteiger partial charge is 0.311 e. The SMILES string of the molecule is COc1cc(N2CCOC(CN)C2)ccc1[N+](=O)[O-]. The van der Waals surface area contributed by atoms with Crippen LogP contribution in [0.4, 0.5) is 11.4 Å². The molecule has 0 spiro atoms. The Morgan fingerprint density at radius 3 is 3.05 bits per heavy atom. The minimum Gasteiger partial charge on any atom is -0.490 e. The van der Waals surface area contributed by atoms with E-state index < -0.39 is 4.92 Å². The van der Waals surface area contributed by atoms with Crippen molar-refractivity contribution in [2.75, 3.05) is 38.3 Å². The molecule has 0 bridgehead atoms. The zero-order valence-electron chi connectivity index (χ0n) is 10.7. The van der Waals surface area contributed by atoms with Gasteiger partial charge in [0.1, 0.15) is 0 Å². The first kappa shape index (κ1) is 13.6. The fourth-order valence-electron chi connectivity index (χ4n) is 2.11. The molecule has 2 N–H and O–H groups in total. The van der Waals surface area contributed by atoms with Crippen LogP contribution in [0, 0.1) is 10.1 Å². The first-order valence-electron chi connectivity index (χ1n) is 6.04. The van der Waals surface area contributed by atoms with E-state index in [9.17, 15) is 10.1 Å². The van der Waals surface area contributed by atoms with E-state index in [1.165, 1.54) is 13.2 Å².